The van der Waals surface area contributed by atoms with Crippen LogP contribution in [0.4, 0.5) is 5.69 Å². The number of amides is 1. The molecule has 2 aromatic carbocycles. The van der Waals surface area contributed by atoms with Crippen LogP contribution in [0.25, 0.3) is 6.08 Å². The van der Waals surface area contributed by atoms with Crippen LogP contribution in [0, 0.1) is 18.3 Å². The molecular formula is C31H41NO4. The zero-order valence-corrected chi connectivity index (χ0v) is 22.7. The van der Waals surface area contributed by atoms with Crippen LogP contribution in [0.2, 0.25) is 0 Å². The lowest BCUT2D eigenvalue weighted by atomic mass is 9.78. The van der Waals surface area contributed by atoms with Crippen molar-refractivity contribution < 1.29 is 19.1 Å². The van der Waals surface area contributed by atoms with Crippen molar-refractivity contribution in [3.05, 3.63) is 65.2 Å². The number of esters is 1. The molecule has 3 rings (SSSR count). The highest BCUT2D eigenvalue weighted by Gasteiger charge is 2.28. The van der Waals surface area contributed by atoms with Crippen molar-refractivity contribution in [2.24, 2.45) is 11.3 Å². The fourth-order valence-electron chi connectivity index (χ4n) is 5.02. The Morgan fingerprint density at radius 3 is 2.36 bits per heavy atom. The third-order valence-corrected chi connectivity index (χ3v) is 6.96. The van der Waals surface area contributed by atoms with E-state index in [2.05, 4.69) is 45.9 Å². The van der Waals surface area contributed by atoms with E-state index in [0.29, 0.717) is 24.8 Å². The van der Waals surface area contributed by atoms with E-state index < -0.39 is 5.97 Å². The predicted molar refractivity (Wildman–Crippen MR) is 146 cm³/mol. The average Bonchev–Trinajstić information content (AvgIpc) is 2.85. The molecule has 0 heterocycles. The topological polar surface area (TPSA) is 55.8 Å². The Balaban J connectivity index is 1.74. The number of ether oxygens (including phenoxy) is 2. The van der Waals surface area contributed by atoms with E-state index in [1.165, 1.54) is 24.3 Å². The number of hydrogen-bond acceptors (Lipinski definition) is 4. The van der Waals surface area contributed by atoms with E-state index in [1.807, 2.05) is 29.2 Å². The normalized spacial score (nSPS) is 18.2. The van der Waals surface area contributed by atoms with Gasteiger partial charge in [-0.2, -0.15) is 0 Å². The van der Waals surface area contributed by atoms with E-state index in [-0.39, 0.29) is 11.3 Å². The summed E-state index contributed by atoms with van der Waals surface area (Å²) in [6, 6.07) is 14.4. The maximum absolute atomic E-state index is 13.5. The molecule has 0 unspecified atom stereocenters. The van der Waals surface area contributed by atoms with Gasteiger partial charge in [0.25, 0.3) is 0 Å². The highest BCUT2D eigenvalue weighted by atomic mass is 16.5. The number of nitrogens with zero attached hydrogens (tertiary/aromatic N) is 1. The molecule has 1 fully saturated rings. The summed E-state index contributed by atoms with van der Waals surface area (Å²) in [6.07, 6.45) is 8.05. The quantitative estimate of drug-likeness (QED) is 0.297. The van der Waals surface area contributed by atoms with Crippen LogP contribution < -0.4 is 9.64 Å². The van der Waals surface area contributed by atoms with Gasteiger partial charge in [-0.15, -0.1) is 0 Å². The molecule has 194 valence electrons. The molecule has 0 bridgehead atoms. The number of carbonyl (C=O) groups is 2. The first-order valence-corrected chi connectivity index (χ1v) is 12.9. The molecule has 0 atom stereocenters. The van der Waals surface area contributed by atoms with Gasteiger partial charge in [0.05, 0.1) is 14.2 Å². The largest absolute Gasteiger partial charge is 0.496 e. The molecule has 1 saturated carbocycles. The van der Waals surface area contributed by atoms with Crippen molar-refractivity contribution in [2.45, 2.75) is 65.7 Å². The van der Waals surface area contributed by atoms with Gasteiger partial charge in [0.15, 0.2) is 0 Å². The molecule has 0 spiro atoms. The Morgan fingerprint density at radius 1 is 1.03 bits per heavy atom. The molecule has 0 N–H and O–H groups in total. The summed E-state index contributed by atoms with van der Waals surface area (Å²) in [5.41, 5.74) is 4.21. The van der Waals surface area contributed by atoms with Crippen LogP contribution in [0.1, 0.15) is 75.5 Å². The fraction of sp³-hybridized carbons (Fsp3) is 0.484. The lowest BCUT2D eigenvalue weighted by molar-refractivity contribution is -0.134. The Hall–Kier alpha value is -3.08. The van der Waals surface area contributed by atoms with Crippen molar-refractivity contribution in [3.63, 3.8) is 0 Å². The second-order valence-corrected chi connectivity index (χ2v) is 11.1. The predicted octanol–water partition coefficient (Wildman–Crippen LogP) is 6.93. The molecule has 0 saturated heterocycles. The maximum Gasteiger partial charge on any atom is 0.330 e. The molecule has 5 nitrogen and oxygen atoms in total. The number of benzene rings is 2. The summed E-state index contributed by atoms with van der Waals surface area (Å²) in [4.78, 5) is 27.0. The fourth-order valence-corrected chi connectivity index (χ4v) is 5.02. The molecule has 1 amide bonds. The van der Waals surface area contributed by atoms with E-state index in [1.54, 1.807) is 13.2 Å². The van der Waals surface area contributed by atoms with Gasteiger partial charge in [0.1, 0.15) is 5.75 Å². The molecule has 0 aromatic heterocycles. The second-order valence-electron chi connectivity index (χ2n) is 11.1. The Kier molecular flexibility index (Phi) is 9.36. The lowest BCUT2D eigenvalue weighted by Gasteiger charge is -2.34. The van der Waals surface area contributed by atoms with Crippen LogP contribution >= 0.6 is 0 Å². The van der Waals surface area contributed by atoms with Crippen molar-refractivity contribution in [1.82, 2.24) is 0 Å². The molecular weight excluding hydrogens is 450 g/mol. The van der Waals surface area contributed by atoms with E-state index in [4.69, 9.17) is 9.47 Å². The number of methoxy groups -OCH3 is 2. The van der Waals surface area contributed by atoms with Crippen LogP contribution in [-0.2, 0) is 14.3 Å². The zero-order chi connectivity index (χ0) is 26.3. The van der Waals surface area contributed by atoms with Gasteiger partial charge in [0.2, 0.25) is 5.91 Å². The molecule has 0 radical (unpaired) electrons. The van der Waals surface area contributed by atoms with Crippen molar-refractivity contribution in [1.29, 1.82) is 0 Å². The number of hydrogen-bond donors (Lipinski definition) is 0. The van der Waals surface area contributed by atoms with E-state index >= 15 is 0 Å². The Bertz CT molecular complexity index is 1070. The first kappa shape index (κ1) is 27.5. The standard InChI is InChI=1S/C31H41NO4/c1-22-18-26(15-16-28(22)35-5)25-13-10-24(11-14-25)21-32(29(33)20-31(2,3)4)27-9-7-8-23(19-27)12-17-30(34)36-6/h7-9,12,15-19,24-25H,10-11,13-14,20-21H2,1-6H3/b17-12+. The number of rotatable bonds is 8. The van der Waals surface area contributed by atoms with Crippen LogP contribution in [0.3, 0.4) is 0 Å². The second kappa shape index (κ2) is 12.2. The smallest absolute Gasteiger partial charge is 0.330 e. The number of aryl methyl sites for hydroxylation is 1. The van der Waals surface area contributed by atoms with Crippen LogP contribution in [0.15, 0.2) is 48.5 Å². The van der Waals surface area contributed by atoms with Crippen molar-refractivity contribution in [3.8, 4) is 5.75 Å². The minimum absolute atomic E-state index is 0.0956. The molecule has 2 aromatic rings. The Labute approximate surface area is 216 Å². The van der Waals surface area contributed by atoms with Crippen molar-refractivity contribution in [2.75, 3.05) is 25.7 Å². The third-order valence-electron chi connectivity index (χ3n) is 6.96. The van der Waals surface area contributed by atoms with Gasteiger partial charge < -0.3 is 14.4 Å². The van der Waals surface area contributed by atoms with E-state index in [9.17, 15) is 9.59 Å². The van der Waals surface area contributed by atoms with Gasteiger partial charge in [-0.05, 0) is 90.8 Å². The summed E-state index contributed by atoms with van der Waals surface area (Å²) in [7, 11) is 3.07. The summed E-state index contributed by atoms with van der Waals surface area (Å²) in [5.74, 6) is 1.69. The van der Waals surface area contributed by atoms with Gasteiger partial charge in [0, 0.05) is 24.7 Å². The SMILES string of the molecule is COC(=O)/C=C/c1cccc(N(CC2CCC(c3ccc(OC)c(C)c3)CC2)C(=O)CC(C)(C)C)c1. The first-order chi connectivity index (χ1) is 17.1. The van der Waals surface area contributed by atoms with Gasteiger partial charge in [-0.1, -0.05) is 45.0 Å². The average molecular weight is 492 g/mol. The van der Waals surface area contributed by atoms with Gasteiger partial charge in [-0.3, -0.25) is 4.79 Å². The molecule has 1 aliphatic rings. The summed E-state index contributed by atoms with van der Waals surface area (Å²) in [6.45, 7) is 9.11. The summed E-state index contributed by atoms with van der Waals surface area (Å²) >= 11 is 0. The molecule has 5 heteroatoms. The van der Waals surface area contributed by atoms with Gasteiger partial charge >= 0.3 is 5.97 Å². The maximum atomic E-state index is 13.5. The lowest BCUT2D eigenvalue weighted by Crippen LogP contribution is -2.38. The minimum atomic E-state index is -0.398. The van der Waals surface area contributed by atoms with Crippen molar-refractivity contribution >= 4 is 23.6 Å². The van der Waals surface area contributed by atoms with E-state index in [0.717, 1.165) is 42.7 Å². The van der Waals surface area contributed by atoms with Gasteiger partial charge in [-0.25, -0.2) is 4.79 Å². The monoisotopic (exact) mass is 491 g/mol. The third kappa shape index (κ3) is 7.71. The molecule has 36 heavy (non-hydrogen) atoms. The summed E-state index contributed by atoms with van der Waals surface area (Å²) in [5, 5.41) is 0. The van der Waals surface area contributed by atoms with Crippen LogP contribution in [-0.4, -0.2) is 32.6 Å². The highest BCUT2D eigenvalue weighted by Crippen LogP contribution is 2.38. The number of anilines is 1. The first-order valence-electron chi connectivity index (χ1n) is 12.9. The Morgan fingerprint density at radius 2 is 1.75 bits per heavy atom. The summed E-state index contributed by atoms with van der Waals surface area (Å²) < 4.78 is 10.1. The van der Waals surface area contributed by atoms with Crippen LogP contribution in [0.5, 0.6) is 5.75 Å². The zero-order valence-electron chi connectivity index (χ0n) is 22.7. The number of carbonyl (C=O) groups excluding carboxylic acids is 2. The minimum Gasteiger partial charge on any atom is -0.496 e. The highest BCUT2D eigenvalue weighted by molar-refractivity contribution is 5.94. The molecule has 1 aliphatic carbocycles. The molecule has 0 aliphatic heterocycles.